The van der Waals surface area contributed by atoms with Gasteiger partial charge in [-0.3, -0.25) is 4.79 Å². The Morgan fingerprint density at radius 3 is 2.88 bits per heavy atom. The second-order valence-electron chi connectivity index (χ2n) is 6.10. The molecule has 0 radical (unpaired) electrons. The molecule has 1 amide bonds. The maximum Gasteiger partial charge on any atom is 0.236 e. The first-order chi connectivity index (χ1) is 12.7. The van der Waals surface area contributed by atoms with Gasteiger partial charge in [0, 0.05) is 22.2 Å². The number of thiazole rings is 1. The molecular weight excluding hydrogens is 364 g/mol. The molecule has 0 saturated heterocycles. The van der Waals surface area contributed by atoms with Crippen LogP contribution in [0.2, 0.25) is 0 Å². The highest BCUT2D eigenvalue weighted by atomic mass is 32.2. The molecule has 0 atom stereocenters. The van der Waals surface area contributed by atoms with Crippen molar-refractivity contribution in [3.63, 3.8) is 0 Å². The van der Waals surface area contributed by atoms with Gasteiger partial charge in [0.1, 0.15) is 10.9 Å². The summed E-state index contributed by atoms with van der Waals surface area (Å²) in [5.41, 5.74) is 4.29. The van der Waals surface area contributed by atoms with E-state index in [0.29, 0.717) is 10.9 Å². The molecule has 7 heteroatoms. The highest BCUT2D eigenvalue weighted by molar-refractivity contribution is 8.00. The van der Waals surface area contributed by atoms with Gasteiger partial charge in [-0.15, -0.1) is 11.3 Å². The predicted molar refractivity (Wildman–Crippen MR) is 106 cm³/mol. The van der Waals surface area contributed by atoms with Gasteiger partial charge in [0.2, 0.25) is 5.91 Å². The first-order valence-corrected chi connectivity index (χ1v) is 10.4. The number of aromatic nitrogens is 3. The number of thioether (sulfide) groups is 1. The van der Waals surface area contributed by atoms with Crippen LogP contribution in [0.15, 0.2) is 40.7 Å². The van der Waals surface area contributed by atoms with Crippen molar-refractivity contribution in [1.82, 2.24) is 15.0 Å². The lowest BCUT2D eigenvalue weighted by atomic mass is 10.2. The van der Waals surface area contributed by atoms with E-state index in [1.165, 1.54) is 28.7 Å². The maximum atomic E-state index is 12.3. The number of hydrogen-bond acceptors (Lipinski definition) is 6. The number of aryl methyl sites for hydroxylation is 2. The topological polar surface area (TPSA) is 67.8 Å². The number of fused-ring (bicyclic) bond motifs is 1. The van der Waals surface area contributed by atoms with Gasteiger partial charge < -0.3 is 5.32 Å². The summed E-state index contributed by atoms with van der Waals surface area (Å²) in [6, 6.07) is 9.95. The normalized spacial score (nSPS) is 12.8. The molecular formula is C19H18N4OS2. The molecule has 0 aliphatic heterocycles. The van der Waals surface area contributed by atoms with E-state index in [0.717, 1.165) is 47.1 Å². The van der Waals surface area contributed by atoms with Crippen LogP contribution in [0.5, 0.6) is 0 Å². The largest absolute Gasteiger partial charge is 0.301 e. The summed E-state index contributed by atoms with van der Waals surface area (Å²) in [5, 5.41) is 6.42. The second-order valence-corrected chi connectivity index (χ2v) is 7.92. The molecule has 1 aliphatic carbocycles. The fraction of sp³-hybridized carbons (Fsp3) is 0.263. The number of anilines is 1. The van der Waals surface area contributed by atoms with Crippen LogP contribution in [0.3, 0.4) is 0 Å². The molecule has 0 bridgehead atoms. The summed E-state index contributed by atoms with van der Waals surface area (Å²) in [6.07, 6.45) is 3.14. The van der Waals surface area contributed by atoms with Crippen LogP contribution in [0.4, 0.5) is 5.13 Å². The molecule has 132 valence electrons. The quantitative estimate of drug-likeness (QED) is 0.531. The monoisotopic (exact) mass is 382 g/mol. The van der Waals surface area contributed by atoms with Gasteiger partial charge in [0.15, 0.2) is 5.13 Å². The number of hydrogen-bond donors (Lipinski definition) is 1. The number of carbonyl (C=O) groups is 1. The molecule has 0 unspecified atom stereocenters. The van der Waals surface area contributed by atoms with E-state index in [-0.39, 0.29) is 5.91 Å². The Morgan fingerprint density at radius 1 is 1.19 bits per heavy atom. The van der Waals surface area contributed by atoms with Crippen molar-refractivity contribution in [3.05, 3.63) is 52.8 Å². The highest BCUT2D eigenvalue weighted by Gasteiger charge is 2.19. The third kappa shape index (κ3) is 3.78. The Balaban J connectivity index is 1.39. The highest BCUT2D eigenvalue weighted by Crippen LogP contribution is 2.30. The fourth-order valence-corrected chi connectivity index (χ4v) is 4.66. The third-order valence-electron chi connectivity index (χ3n) is 4.17. The van der Waals surface area contributed by atoms with Gasteiger partial charge in [0.05, 0.1) is 11.4 Å². The Morgan fingerprint density at radius 2 is 2.04 bits per heavy atom. The van der Waals surface area contributed by atoms with Crippen molar-refractivity contribution in [3.8, 4) is 11.3 Å². The van der Waals surface area contributed by atoms with Crippen molar-refractivity contribution in [2.75, 3.05) is 11.1 Å². The van der Waals surface area contributed by atoms with Gasteiger partial charge in [-0.1, -0.05) is 42.1 Å². The molecule has 4 rings (SSSR count). The first-order valence-electron chi connectivity index (χ1n) is 8.49. The van der Waals surface area contributed by atoms with E-state index < -0.39 is 0 Å². The standard InChI is InChI=1S/C19H18N4OS2/c1-12-20-15-9-5-8-14(15)18(21-12)25-11-17(24)23-19-22-16(10-26-19)13-6-3-2-4-7-13/h2-4,6-7,10H,5,8-9,11H2,1H3,(H,22,23,24). The van der Waals surface area contributed by atoms with E-state index in [9.17, 15) is 4.79 Å². The number of nitrogens with one attached hydrogen (secondary N) is 1. The summed E-state index contributed by atoms with van der Waals surface area (Å²) >= 11 is 2.92. The molecule has 0 saturated carbocycles. The summed E-state index contributed by atoms with van der Waals surface area (Å²) < 4.78 is 0. The fourth-order valence-electron chi connectivity index (χ4n) is 3.00. The zero-order chi connectivity index (χ0) is 17.9. The Labute approximate surface area is 160 Å². The summed E-state index contributed by atoms with van der Waals surface area (Å²) in [7, 11) is 0. The SMILES string of the molecule is Cc1nc2c(c(SCC(=O)Nc3nc(-c4ccccc4)cs3)n1)CCC2. The number of carbonyl (C=O) groups excluding carboxylic acids is 1. The lowest BCUT2D eigenvalue weighted by Crippen LogP contribution is -2.14. The van der Waals surface area contributed by atoms with Gasteiger partial charge >= 0.3 is 0 Å². The average Bonchev–Trinajstić information content (AvgIpc) is 3.29. The van der Waals surface area contributed by atoms with Crippen LogP contribution >= 0.6 is 23.1 Å². The zero-order valence-electron chi connectivity index (χ0n) is 14.4. The van der Waals surface area contributed by atoms with Crippen LogP contribution in [0.1, 0.15) is 23.5 Å². The molecule has 1 N–H and O–H groups in total. The molecule has 0 fully saturated rings. The molecule has 0 spiro atoms. The Bertz CT molecular complexity index is 940. The van der Waals surface area contributed by atoms with Crippen molar-refractivity contribution in [2.45, 2.75) is 31.2 Å². The van der Waals surface area contributed by atoms with E-state index in [4.69, 9.17) is 0 Å². The summed E-state index contributed by atoms with van der Waals surface area (Å²) in [4.78, 5) is 25.8. The third-order valence-corrected chi connectivity index (χ3v) is 5.94. The molecule has 3 aromatic rings. The van der Waals surface area contributed by atoms with Gasteiger partial charge in [-0.05, 0) is 26.2 Å². The minimum absolute atomic E-state index is 0.0630. The van der Waals surface area contributed by atoms with Crippen molar-refractivity contribution in [1.29, 1.82) is 0 Å². The van der Waals surface area contributed by atoms with E-state index in [1.807, 2.05) is 42.6 Å². The lowest BCUT2D eigenvalue weighted by molar-refractivity contribution is -0.113. The summed E-state index contributed by atoms with van der Waals surface area (Å²) in [6.45, 7) is 1.91. The molecule has 1 aromatic carbocycles. The molecule has 1 aliphatic rings. The average molecular weight is 383 g/mol. The molecule has 2 heterocycles. The zero-order valence-corrected chi connectivity index (χ0v) is 16.0. The van der Waals surface area contributed by atoms with Crippen molar-refractivity contribution < 1.29 is 4.79 Å². The lowest BCUT2D eigenvalue weighted by Gasteiger charge is -2.07. The van der Waals surface area contributed by atoms with Crippen LogP contribution < -0.4 is 5.32 Å². The van der Waals surface area contributed by atoms with Crippen LogP contribution in [-0.4, -0.2) is 26.6 Å². The van der Waals surface area contributed by atoms with Gasteiger partial charge in [0.25, 0.3) is 0 Å². The number of amides is 1. The second kappa shape index (κ2) is 7.55. The first kappa shape index (κ1) is 17.2. The smallest absolute Gasteiger partial charge is 0.236 e. The van der Waals surface area contributed by atoms with Gasteiger partial charge in [-0.25, -0.2) is 15.0 Å². The van der Waals surface area contributed by atoms with Crippen molar-refractivity contribution in [2.24, 2.45) is 0 Å². The number of nitrogens with zero attached hydrogens (tertiary/aromatic N) is 3. The maximum absolute atomic E-state index is 12.3. The molecule has 26 heavy (non-hydrogen) atoms. The summed E-state index contributed by atoms with van der Waals surface area (Å²) in [5.74, 6) is 1.04. The van der Waals surface area contributed by atoms with E-state index in [1.54, 1.807) is 0 Å². The Hall–Kier alpha value is -2.25. The minimum Gasteiger partial charge on any atom is -0.301 e. The number of benzene rings is 1. The minimum atomic E-state index is -0.0630. The van der Waals surface area contributed by atoms with E-state index in [2.05, 4.69) is 20.3 Å². The Kier molecular flexibility index (Phi) is 4.99. The predicted octanol–water partition coefficient (Wildman–Crippen LogP) is 4.13. The van der Waals surface area contributed by atoms with Crippen LogP contribution in [0, 0.1) is 6.92 Å². The van der Waals surface area contributed by atoms with Crippen molar-refractivity contribution >= 4 is 34.1 Å². The van der Waals surface area contributed by atoms with E-state index >= 15 is 0 Å². The van der Waals surface area contributed by atoms with Crippen LogP contribution in [0.25, 0.3) is 11.3 Å². The molecule has 5 nitrogen and oxygen atoms in total. The number of rotatable bonds is 5. The van der Waals surface area contributed by atoms with Crippen LogP contribution in [-0.2, 0) is 17.6 Å². The molecule has 2 aromatic heterocycles. The van der Waals surface area contributed by atoms with Gasteiger partial charge in [-0.2, -0.15) is 0 Å².